The molecule has 2 aliphatic rings. The molecule has 5 heteroatoms. The summed E-state index contributed by atoms with van der Waals surface area (Å²) in [5.74, 6) is 0. The Hall–Kier alpha value is -1.70. The molecule has 0 aliphatic carbocycles. The second-order valence-electron chi connectivity index (χ2n) is 9.21. The third-order valence-electron chi connectivity index (χ3n) is 5.60. The van der Waals surface area contributed by atoms with Gasteiger partial charge in [0.15, 0.2) is 0 Å². The summed E-state index contributed by atoms with van der Waals surface area (Å²) >= 11 is 0. The summed E-state index contributed by atoms with van der Waals surface area (Å²) < 4.78 is 0. The molecule has 0 N–H and O–H groups in total. The van der Waals surface area contributed by atoms with Crippen LogP contribution in [0.15, 0.2) is 48.5 Å². The fourth-order valence-corrected chi connectivity index (χ4v) is 3.96. The van der Waals surface area contributed by atoms with Crippen molar-refractivity contribution < 1.29 is 20.4 Å². The Morgan fingerprint density at radius 2 is 0.645 bits per heavy atom. The van der Waals surface area contributed by atoms with Gasteiger partial charge in [0.05, 0.1) is 0 Å². The first-order chi connectivity index (χ1) is 14.2. The first-order valence-corrected chi connectivity index (χ1v) is 11.2. The number of benzene rings is 2. The van der Waals surface area contributed by atoms with Crippen LogP contribution in [0.5, 0.6) is 0 Å². The molecule has 0 atom stereocenters. The third-order valence-corrected chi connectivity index (χ3v) is 5.60. The molecule has 0 radical (unpaired) electrons. The number of fused-ring (bicyclic) bond motifs is 2. The van der Waals surface area contributed by atoms with E-state index in [2.05, 4.69) is 137 Å². The third kappa shape index (κ3) is 5.38. The summed E-state index contributed by atoms with van der Waals surface area (Å²) in [6, 6.07) is 19.2. The monoisotopic (exact) mass is 512 g/mol. The Labute approximate surface area is 203 Å². The van der Waals surface area contributed by atoms with E-state index in [4.69, 9.17) is 0 Å². The van der Waals surface area contributed by atoms with E-state index in [1.54, 1.807) is 0 Å². The van der Waals surface area contributed by atoms with Gasteiger partial charge in [-0.3, -0.25) is 0 Å². The molecule has 0 amide bonds. The zero-order valence-electron chi connectivity index (χ0n) is 20.2. The first-order valence-electron chi connectivity index (χ1n) is 11.2. The standard InChI is InChI=1S/2C13H19N2.Pd/c2*1-10(2)14-9-15(11(3)4)13-8-6-5-7-12(13)14;/h2*5-11H,1-4H3;/q2*-1;+2. The maximum absolute atomic E-state index is 2.33. The number of hydrogen-bond donors (Lipinski definition) is 0. The SMILES string of the molecule is CC(C)N1[CH-]N(C(C)C)c2ccccc21.CC(C)N1[CH-]N(C(C)C)c2ccccc21.[Pd+2]. The summed E-state index contributed by atoms with van der Waals surface area (Å²) in [7, 11) is 0. The predicted molar refractivity (Wildman–Crippen MR) is 132 cm³/mol. The molecule has 0 spiro atoms. The second kappa shape index (κ2) is 10.7. The average Bonchev–Trinajstić information content (AvgIpc) is 3.28. The van der Waals surface area contributed by atoms with Crippen LogP contribution in [-0.4, -0.2) is 24.2 Å². The Balaban J connectivity index is 0.000000213. The molecule has 4 nitrogen and oxygen atoms in total. The van der Waals surface area contributed by atoms with E-state index in [-0.39, 0.29) is 20.4 Å². The van der Waals surface area contributed by atoms with Crippen molar-refractivity contribution in [3.8, 4) is 0 Å². The summed E-state index contributed by atoms with van der Waals surface area (Å²) in [6.45, 7) is 22.2. The van der Waals surface area contributed by atoms with Crippen LogP contribution < -0.4 is 19.6 Å². The van der Waals surface area contributed by atoms with Crippen molar-refractivity contribution in [2.45, 2.75) is 79.6 Å². The molecule has 31 heavy (non-hydrogen) atoms. The van der Waals surface area contributed by atoms with Crippen LogP contribution in [0.4, 0.5) is 22.7 Å². The van der Waals surface area contributed by atoms with Gasteiger partial charge in [0, 0.05) is 22.7 Å². The van der Waals surface area contributed by atoms with Crippen LogP contribution in [-0.2, 0) is 20.4 Å². The van der Waals surface area contributed by atoms with Crippen molar-refractivity contribution in [3.05, 3.63) is 61.9 Å². The Morgan fingerprint density at radius 1 is 0.452 bits per heavy atom. The zero-order valence-corrected chi connectivity index (χ0v) is 21.7. The average molecular weight is 513 g/mol. The second-order valence-corrected chi connectivity index (χ2v) is 9.21. The number of nitrogens with zero attached hydrogens (tertiary/aromatic N) is 4. The zero-order chi connectivity index (χ0) is 22.0. The molecule has 2 aromatic carbocycles. The fraction of sp³-hybridized carbons (Fsp3) is 0.462. The number of hydrogen-bond acceptors (Lipinski definition) is 4. The van der Waals surface area contributed by atoms with Gasteiger partial charge in [0.2, 0.25) is 0 Å². The maximum atomic E-state index is 2.33. The molecule has 4 rings (SSSR count). The molecule has 2 aliphatic heterocycles. The van der Waals surface area contributed by atoms with Crippen molar-refractivity contribution >= 4 is 22.7 Å². The van der Waals surface area contributed by atoms with E-state index in [9.17, 15) is 0 Å². The quantitative estimate of drug-likeness (QED) is 0.342. The van der Waals surface area contributed by atoms with Gasteiger partial charge in [-0.2, -0.15) is 13.3 Å². The van der Waals surface area contributed by atoms with E-state index < -0.39 is 0 Å². The number of para-hydroxylation sites is 4. The summed E-state index contributed by atoms with van der Waals surface area (Å²) in [4.78, 5) is 9.31. The van der Waals surface area contributed by atoms with Gasteiger partial charge in [-0.1, -0.05) is 24.3 Å². The Morgan fingerprint density at radius 3 is 0.806 bits per heavy atom. The smallest absolute Gasteiger partial charge is 0.500 e. The van der Waals surface area contributed by atoms with Crippen LogP contribution in [0, 0.1) is 13.3 Å². The molecule has 0 aromatic heterocycles. The van der Waals surface area contributed by atoms with Crippen molar-refractivity contribution in [2.24, 2.45) is 0 Å². The topological polar surface area (TPSA) is 13.0 Å². The minimum atomic E-state index is 0. The maximum Gasteiger partial charge on any atom is 2.00 e. The van der Waals surface area contributed by atoms with Gasteiger partial charge in [-0.25, -0.2) is 0 Å². The van der Waals surface area contributed by atoms with Crippen molar-refractivity contribution in [2.75, 3.05) is 19.6 Å². The molecule has 2 heterocycles. The molecule has 0 unspecified atom stereocenters. The first kappa shape index (κ1) is 25.6. The van der Waals surface area contributed by atoms with Crippen LogP contribution in [0.25, 0.3) is 0 Å². The molecule has 0 saturated carbocycles. The molecule has 0 saturated heterocycles. The van der Waals surface area contributed by atoms with Gasteiger partial charge < -0.3 is 19.6 Å². The molecular formula is C26H38N4Pd. The van der Waals surface area contributed by atoms with Crippen molar-refractivity contribution in [3.63, 3.8) is 0 Å². The molecular weight excluding hydrogens is 475 g/mol. The van der Waals surface area contributed by atoms with Crippen LogP contribution in [0.2, 0.25) is 0 Å². The Bertz CT molecular complexity index is 698. The molecule has 0 bridgehead atoms. The Kier molecular flexibility index (Phi) is 8.86. The summed E-state index contributed by atoms with van der Waals surface area (Å²) in [5.41, 5.74) is 5.28. The van der Waals surface area contributed by atoms with E-state index in [1.165, 1.54) is 22.7 Å². The van der Waals surface area contributed by atoms with Gasteiger partial charge in [-0.15, -0.1) is 0 Å². The van der Waals surface area contributed by atoms with Gasteiger partial charge in [0.25, 0.3) is 0 Å². The number of rotatable bonds is 4. The molecule has 2 aromatic rings. The van der Waals surface area contributed by atoms with Crippen LogP contribution in [0.1, 0.15) is 55.4 Å². The van der Waals surface area contributed by atoms with E-state index in [1.807, 2.05) is 0 Å². The predicted octanol–water partition coefficient (Wildman–Crippen LogP) is 6.50. The fourth-order valence-electron chi connectivity index (χ4n) is 3.96. The molecule has 172 valence electrons. The largest absolute Gasteiger partial charge is 2.00 e. The van der Waals surface area contributed by atoms with Crippen LogP contribution in [0.3, 0.4) is 0 Å². The van der Waals surface area contributed by atoms with Crippen molar-refractivity contribution in [1.29, 1.82) is 0 Å². The van der Waals surface area contributed by atoms with Crippen LogP contribution >= 0.6 is 0 Å². The van der Waals surface area contributed by atoms with E-state index in [0.717, 1.165) is 0 Å². The van der Waals surface area contributed by atoms with E-state index >= 15 is 0 Å². The van der Waals surface area contributed by atoms with Gasteiger partial charge >= 0.3 is 20.4 Å². The van der Waals surface area contributed by atoms with Crippen molar-refractivity contribution in [1.82, 2.24) is 0 Å². The normalized spacial score (nSPS) is 14.8. The minimum Gasteiger partial charge on any atom is -0.500 e. The van der Waals surface area contributed by atoms with Gasteiger partial charge in [-0.05, 0) is 104 Å². The minimum absolute atomic E-state index is 0. The summed E-state index contributed by atoms with van der Waals surface area (Å²) in [6.07, 6.45) is 0. The number of anilines is 4. The van der Waals surface area contributed by atoms with E-state index in [0.29, 0.717) is 24.2 Å². The summed E-state index contributed by atoms with van der Waals surface area (Å²) in [5, 5.41) is 0. The van der Waals surface area contributed by atoms with Gasteiger partial charge in [0.1, 0.15) is 0 Å². The molecule has 0 fully saturated rings.